The van der Waals surface area contributed by atoms with Gasteiger partial charge >= 0.3 is 6.36 Å². The average Bonchev–Trinajstić information content (AvgIpc) is 3.26. The van der Waals surface area contributed by atoms with Gasteiger partial charge in [0.05, 0.1) is 16.8 Å². The first-order valence-electron chi connectivity index (χ1n) is 13.5. The maximum Gasteiger partial charge on any atom is 0.573 e. The number of hydrogen-bond donors (Lipinski definition) is 1. The molecule has 1 N–H and O–H groups in total. The zero-order chi connectivity index (χ0) is 28.4. The van der Waals surface area contributed by atoms with Crippen molar-refractivity contribution >= 4 is 17.1 Å². The fourth-order valence-corrected chi connectivity index (χ4v) is 5.33. The molecule has 2 aromatic carbocycles. The highest BCUT2D eigenvalue weighted by Crippen LogP contribution is 2.32. The highest BCUT2D eigenvalue weighted by molar-refractivity contribution is 6.02. The number of carbonyl (C=O) groups excluding carboxylic acids is 1. The molecular formula is C31H33F3N4O2. The second-order valence-electron chi connectivity index (χ2n) is 10.6. The second kappa shape index (κ2) is 11.2. The molecule has 3 heterocycles. The number of nitrogens with one attached hydrogen (secondary N) is 1. The third-order valence-electron chi connectivity index (χ3n) is 7.56. The highest BCUT2D eigenvalue weighted by atomic mass is 19.4. The smallest absolute Gasteiger partial charge is 0.406 e. The van der Waals surface area contributed by atoms with Gasteiger partial charge in [0.2, 0.25) is 0 Å². The van der Waals surface area contributed by atoms with E-state index in [1.54, 1.807) is 16.6 Å². The Hall–Kier alpha value is -4.01. The van der Waals surface area contributed by atoms with Gasteiger partial charge in [-0.25, -0.2) is 4.52 Å². The molecule has 0 aliphatic carbocycles. The molecule has 40 heavy (non-hydrogen) atoms. The molecular weight excluding hydrogens is 517 g/mol. The molecule has 0 atom stereocenters. The number of benzene rings is 2. The van der Waals surface area contributed by atoms with Crippen molar-refractivity contribution < 1.29 is 22.7 Å². The maximum absolute atomic E-state index is 13.1. The van der Waals surface area contributed by atoms with E-state index in [4.69, 9.17) is 0 Å². The topological polar surface area (TPSA) is 58.9 Å². The van der Waals surface area contributed by atoms with E-state index in [9.17, 15) is 18.0 Å². The summed E-state index contributed by atoms with van der Waals surface area (Å²) in [6.07, 6.45) is -0.956. The molecule has 6 nitrogen and oxygen atoms in total. The summed E-state index contributed by atoms with van der Waals surface area (Å²) in [7, 11) is 0. The van der Waals surface area contributed by atoms with Crippen molar-refractivity contribution in [2.75, 3.05) is 18.0 Å². The van der Waals surface area contributed by atoms with E-state index in [-0.39, 0.29) is 11.7 Å². The van der Waals surface area contributed by atoms with Gasteiger partial charge in [-0.05, 0) is 84.7 Å². The van der Waals surface area contributed by atoms with Crippen molar-refractivity contribution in [3.05, 3.63) is 94.8 Å². The molecule has 1 aliphatic heterocycles. The lowest BCUT2D eigenvalue weighted by atomic mass is 9.89. The third-order valence-corrected chi connectivity index (χ3v) is 7.56. The van der Waals surface area contributed by atoms with Gasteiger partial charge in [-0.2, -0.15) is 5.10 Å². The first-order valence-corrected chi connectivity index (χ1v) is 13.5. The minimum Gasteiger partial charge on any atom is -0.406 e. The first kappa shape index (κ1) is 27.6. The molecule has 4 aromatic rings. The zero-order valence-electron chi connectivity index (χ0n) is 22.8. The Bertz CT molecular complexity index is 1470. The molecule has 0 unspecified atom stereocenters. The number of alkyl halides is 3. The van der Waals surface area contributed by atoms with Crippen molar-refractivity contribution in [3.8, 4) is 5.75 Å². The average molecular weight is 551 g/mol. The number of fused-ring (bicyclic) bond motifs is 1. The molecule has 1 amide bonds. The normalized spacial score (nSPS) is 14.6. The molecule has 9 heteroatoms. The number of piperidine rings is 1. The summed E-state index contributed by atoms with van der Waals surface area (Å²) in [6.45, 7) is 8.23. The van der Waals surface area contributed by atoms with Gasteiger partial charge in [-0.1, -0.05) is 38.1 Å². The number of amides is 1. The Morgan fingerprint density at radius 2 is 1.73 bits per heavy atom. The van der Waals surface area contributed by atoms with Crippen LogP contribution in [0, 0.1) is 6.92 Å². The summed E-state index contributed by atoms with van der Waals surface area (Å²) in [5.74, 6) is 0.316. The van der Waals surface area contributed by atoms with Crippen LogP contribution < -0.4 is 15.0 Å². The largest absolute Gasteiger partial charge is 0.573 e. The Morgan fingerprint density at radius 3 is 2.35 bits per heavy atom. The molecule has 0 radical (unpaired) electrons. The third kappa shape index (κ3) is 6.24. The van der Waals surface area contributed by atoms with Gasteiger partial charge < -0.3 is 15.0 Å². The van der Waals surface area contributed by atoms with E-state index in [2.05, 4.69) is 46.0 Å². The molecule has 2 aromatic heterocycles. The Balaban J connectivity index is 1.16. The van der Waals surface area contributed by atoms with E-state index in [0.29, 0.717) is 29.6 Å². The van der Waals surface area contributed by atoms with Crippen LogP contribution in [0.3, 0.4) is 0 Å². The van der Waals surface area contributed by atoms with E-state index < -0.39 is 6.36 Å². The summed E-state index contributed by atoms with van der Waals surface area (Å²) >= 11 is 0. The molecule has 0 bridgehead atoms. The molecule has 1 fully saturated rings. The standard InChI is InChI=1S/C31H33F3N4O2/c1-20(2)25-14-17-38-28(18-25)29(21(3)36-38)30(39)35-19-22-4-8-26(9-5-22)37-15-12-24(13-16-37)23-6-10-27(11-7-23)40-31(32,33)34/h4-11,14,17-18,20,24H,12-13,15-16,19H2,1-3H3,(H,35,39). The SMILES string of the molecule is Cc1nn2ccc(C(C)C)cc2c1C(=O)NCc1ccc(N2CCC(c3ccc(OC(F)(F)F)cc3)CC2)cc1. The Morgan fingerprint density at radius 1 is 1.05 bits per heavy atom. The monoisotopic (exact) mass is 550 g/mol. The molecule has 5 rings (SSSR count). The van der Waals surface area contributed by atoms with Crippen molar-refractivity contribution in [1.29, 1.82) is 0 Å². The zero-order valence-corrected chi connectivity index (χ0v) is 22.8. The van der Waals surface area contributed by atoms with Crippen molar-refractivity contribution in [3.63, 3.8) is 0 Å². The number of rotatable bonds is 7. The van der Waals surface area contributed by atoms with Gasteiger partial charge in [0.1, 0.15) is 5.75 Å². The van der Waals surface area contributed by atoms with Gasteiger partial charge in [0, 0.05) is 31.5 Å². The van der Waals surface area contributed by atoms with Crippen molar-refractivity contribution in [2.45, 2.75) is 58.4 Å². The number of halogens is 3. The number of aryl methyl sites for hydroxylation is 1. The van der Waals surface area contributed by atoms with Crippen LogP contribution in [0.1, 0.15) is 71.3 Å². The second-order valence-corrected chi connectivity index (χ2v) is 10.6. The number of hydrogen-bond acceptors (Lipinski definition) is 4. The maximum atomic E-state index is 13.1. The van der Waals surface area contributed by atoms with Crippen LogP contribution in [0.4, 0.5) is 18.9 Å². The first-order chi connectivity index (χ1) is 19.1. The van der Waals surface area contributed by atoms with E-state index >= 15 is 0 Å². The van der Waals surface area contributed by atoms with Gasteiger partial charge in [0.15, 0.2) is 0 Å². The highest BCUT2D eigenvalue weighted by Gasteiger charge is 2.31. The molecule has 0 saturated carbocycles. The summed E-state index contributed by atoms with van der Waals surface area (Å²) in [5.41, 5.74) is 6.42. The van der Waals surface area contributed by atoms with Crippen LogP contribution in [0.5, 0.6) is 5.75 Å². The number of pyridine rings is 1. The van der Waals surface area contributed by atoms with E-state index in [0.717, 1.165) is 53.8 Å². The lowest BCUT2D eigenvalue weighted by Crippen LogP contribution is -2.32. The fourth-order valence-electron chi connectivity index (χ4n) is 5.33. The summed E-state index contributed by atoms with van der Waals surface area (Å²) in [6, 6.07) is 18.5. The van der Waals surface area contributed by atoms with Crippen LogP contribution >= 0.6 is 0 Å². The lowest BCUT2D eigenvalue weighted by Gasteiger charge is -2.34. The predicted molar refractivity (Wildman–Crippen MR) is 149 cm³/mol. The summed E-state index contributed by atoms with van der Waals surface area (Å²) in [4.78, 5) is 15.4. The molecule has 1 aliphatic rings. The number of anilines is 1. The van der Waals surface area contributed by atoms with Crippen LogP contribution in [-0.4, -0.2) is 35.0 Å². The Labute approximate surface area is 231 Å². The number of nitrogens with zero attached hydrogens (tertiary/aromatic N) is 3. The van der Waals surface area contributed by atoms with Crippen molar-refractivity contribution in [1.82, 2.24) is 14.9 Å². The summed E-state index contributed by atoms with van der Waals surface area (Å²) < 4.78 is 43.0. The lowest BCUT2D eigenvalue weighted by molar-refractivity contribution is -0.274. The molecule has 1 saturated heterocycles. The molecule has 210 valence electrons. The van der Waals surface area contributed by atoms with Crippen molar-refractivity contribution in [2.24, 2.45) is 0 Å². The van der Waals surface area contributed by atoms with Gasteiger partial charge in [-0.15, -0.1) is 13.2 Å². The minimum absolute atomic E-state index is 0.141. The fraction of sp³-hybridized carbons (Fsp3) is 0.355. The quantitative estimate of drug-likeness (QED) is 0.270. The number of aromatic nitrogens is 2. The van der Waals surface area contributed by atoms with Gasteiger partial charge in [0.25, 0.3) is 5.91 Å². The van der Waals surface area contributed by atoms with E-state index in [1.807, 2.05) is 37.4 Å². The number of ether oxygens (including phenoxy) is 1. The number of carbonyl (C=O) groups is 1. The summed E-state index contributed by atoms with van der Waals surface area (Å²) in [5, 5.41) is 7.54. The van der Waals surface area contributed by atoms with Crippen LogP contribution in [-0.2, 0) is 6.54 Å². The van der Waals surface area contributed by atoms with Crippen LogP contribution in [0.2, 0.25) is 0 Å². The predicted octanol–water partition coefficient (Wildman–Crippen LogP) is 6.98. The molecule has 0 spiro atoms. The minimum atomic E-state index is -4.68. The van der Waals surface area contributed by atoms with Gasteiger partial charge in [-0.3, -0.25) is 4.79 Å². The van der Waals surface area contributed by atoms with Crippen LogP contribution in [0.15, 0.2) is 66.9 Å². The van der Waals surface area contributed by atoms with Crippen LogP contribution in [0.25, 0.3) is 5.52 Å². The van der Waals surface area contributed by atoms with E-state index in [1.165, 1.54) is 12.1 Å². The Kier molecular flexibility index (Phi) is 7.74.